The third-order valence-electron chi connectivity index (χ3n) is 6.26. The molecule has 2 aromatic rings. The van der Waals surface area contributed by atoms with E-state index in [4.69, 9.17) is 14.5 Å². The summed E-state index contributed by atoms with van der Waals surface area (Å²) in [6.07, 6.45) is 3.69. The number of likely N-dealkylation sites (tertiary alicyclic amines) is 1. The van der Waals surface area contributed by atoms with Gasteiger partial charge in [0.2, 0.25) is 0 Å². The maximum absolute atomic E-state index is 13.1. The summed E-state index contributed by atoms with van der Waals surface area (Å²) in [6, 6.07) is 7.90. The first-order chi connectivity index (χ1) is 14.2. The number of benzene rings is 1. The van der Waals surface area contributed by atoms with E-state index >= 15 is 0 Å². The van der Waals surface area contributed by atoms with E-state index in [0.29, 0.717) is 13.2 Å². The highest BCUT2D eigenvalue weighted by molar-refractivity contribution is 9.10. The molecule has 1 spiro atoms. The minimum atomic E-state index is -0.546. The van der Waals surface area contributed by atoms with Crippen molar-refractivity contribution in [2.24, 2.45) is 11.3 Å². The lowest BCUT2D eigenvalue weighted by atomic mass is 9.73. The Morgan fingerprint density at radius 3 is 2.70 bits per heavy atom. The summed E-state index contributed by atoms with van der Waals surface area (Å²) in [4.78, 5) is 23.2. The molecule has 7 heteroatoms. The van der Waals surface area contributed by atoms with Crippen molar-refractivity contribution in [2.45, 2.75) is 52.2 Å². The minimum absolute atomic E-state index is 0.0651. The smallest absolute Gasteiger partial charge is 0.410 e. The van der Waals surface area contributed by atoms with Crippen LogP contribution in [-0.2, 0) is 9.47 Å². The van der Waals surface area contributed by atoms with Gasteiger partial charge in [-0.05, 0) is 51.7 Å². The molecule has 2 aliphatic heterocycles. The van der Waals surface area contributed by atoms with E-state index in [0.717, 1.165) is 41.0 Å². The van der Waals surface area contributed by atoms with Crippen molar-refractivity contribution in [1.82, 2.24) is 14.9 Å². The van der Waals surface area contributed by atoms with Gasteiger partial charge in [0.15, 0.2) is 0 Å². The van der Waals surface area contributed by atoms with Crippen molar-refractivity contribution in [3.8, 4) is 11.3 Å². The number of hydrogen-bond acceptors (Lipinski definition) is 4. The summed E-state index contributed by atoms with van der Waals surface area (Å²) in [5.41, 5.74) is 1.29. The quantitative estimate of drug-likeness (QED) is 0.616. The van der Waals surface area contributed by atoms with Gasteiger partial charge in [-0.3, -0.25) is 4.90 Å². The molecule has 162 valence electrons. The molecule has 4 rings (SSSR count). The molecule has 1 aromatic carbocycles. The van der Waals surface area contributed by atoms with Crippen LogP contribution in [0.25, 0.3) is 11.3 Å². The van der Waals surface area contributed by atoms with Crippen molar-refractivity contribution in [3.63, 3.8) is 0 Å². The number of carbonyl (C=O) groups is 1. The lowest BCUT2D eigenvalue weighted by Crippen LogP contribution is -2.40. The SMILES string of the molecule is C[C@@H]1[C@@H](c2nc(-c3ccc(Br)cc3)c[nH]2)N(C(=O)OC(C)(C)C)C[C@]12CCCOC2. The van der Waals surface area contributed by atoms with Crippen LogP contribution in [0.1, 0.15) is 52.4 Å². The number of H-pyrrole nitrogens is 1. The van der Waals surface area contributed by atoms with Crippen LogP contribution < -0.4 is 0 Å². The standard InChI is InChI=1S/C23H30BrN3O3/c1-15-19(20-25-12-18(26-20)16-6-8-17(24)9-7-16)27(21(28)30-22(2,3)4)13-23(15)10-5-11-29-14-23/h6-9,12,15,19H,5,10-11,13-14H2,1-4H3,(H,25,26)/t15-,19+,23+/m1/s1. The number of carbonyl (C=O) groups excluding carboxylic acids is 1. The van der Waals surface area contributed by atoms with Gasteiger partial charge < -0.3 is 14.5 Å². The lowest BCUT2D eigenvalue weighted by molar-refractivity contribution is -0.0231. The van der Waals surface area contributed by atoms with Gasteiger partial charge >= 0.3 is 6.09 Å². The number of imidazole rings is 1. The van der Waals surface area contributed by atoms with E-state index in [2.05, 4.69) is 27.8 Å². The van der Waals surface area contributed by atoms with Gasteiger partial charge in [0.05, 0.1) is 18.3 Å². The maximum Gasteiger partial charge on any atom is 0.410 e. The first-order valence-corrected chi connectivity index (χ1v) is 11.4. The molecule has 2 aliphatic rings. The average Bonchev–Trinajstić information content (AvgIpc) is 3.26. The Morgan fingerprint density at radius 1 is 1.33 bits per heavy atom. The van der Waals surface area contributed by atoms with Gasteiger partial charge in [0, 0.05) is 34.8 Å². The third-order valence-corrected chi connectivity index (χ3v) is 6.79. The molecular formula is C23H30BrN3O3. The zero-order chi connectivity index (χ0) is 21.5. The van der Waals surface area contributed by atoms with Crippen LogP contribution in [0.2, 0.25) is 0 Å². The monoisotopic (exact) mass is 475 g/mol. The zero-order valence-corrected chi connectivity index (χ0v) is 19.7. The highest BCUT2D eigenvalue weighted by Crippen LogP contribution is 2.51. The molecule has 1 amide bonds. The Hall–Kier alpha value is -1.86. The molecule has 3 heterocycles. The molecule has 2 fully saturated rings. The van der Waals surface area contributed by atoms with Crippen molar-refractivity contribution in [1.29, 1.82) is 0 Å². The fraction of sp³-hybridized carbons (Fsp3) is 0.565. The van der Waals surface area contributed by atoms with E-state index < -0.39 is 5.60 Å². The molecule has 0 unspecified atom stereocenters. The summed E-state index contributed by atoms with van der Waals surface area (Å²) in [5.74, 6) is 1.00. The molecule has 0 saturated carbocycles. The minimum Gasteiger partial charge on any atom is -0.444 e. The maximum atomic E-state index is 13.1. The summed E-state index contributed by atoms with van der Waals surface area (Å²) >= 11 is 3.48. The molecule has 6 nitrogen and oxygen atoms in total. The second-order valence-electron chi connectivity index (χ2n) is 9.54. The number of amides is 1. The Morgan fingerprint density at radius 2 is 2.07 bits per heavy atom. The van der Waals surface area contributed by atoms with Crippen LogP contribution in [0.5, 0.6) is 0 Å². The van der Waals surface area contributed by atoms with Gasteiger partial charge in [0.25, 0.3) is 0 Å². The van der Waals surface area contributed by atoms with Crippen LogP contribution in [0.4, 0.5) is 4.79 Å². The van der Waals surface area contributed by atoms with Gasteiger partial charge in [-0.25, -0.2) is 9.78 Å². The summed E-state index contributed by atoms with van der Waals surface area (Å²) in [6.45, 7) is 10.0. The molecule has 1 N–H and O–H groups in total. The first kappa shape index (κ1) is 21.4. The fourth-order valence-corrected chi connectivity index (χ4v) is 4.95. The molecule has 0 bridgehead atoms. The number of hydrogen-bond donors (Lipinski definition) is 1. The average molecular weight is 476 g/mol. The number of nitrogens with zero attached hydrogens (tertiary/aromatic N) is 2. The predicted molar refractivity (Wildman–Crippen MR) is 119 cm³/mol. The Kier molecular flexibility index (Phi) is 5.70. The zero-order valence-electron chi connectivity index (χ0n) is 18.1. The van der Waals surface area contributed by atoms with Crippen LogP contribution in [-0.4, -0.2) is 46.3 Å². The van der Waals surface area contributed by atoms with Gasteiger partial charge in [-0.1, -0.05) is 35.0 Å². The van der Waals surface area contributed by atoms with Crippen molar-refractivity contribution >= 4 is 22.0 Å². The molecule has 1 aromatic heterocycles. The third kappa shape index (κ3) is 4.14. The van der Waals surface area contributed by atoms with Crippen LogP contribution in [0.15, 0.2) is 34.9 Å². The number of halogens is 1. The molecule has 0 aliphatic carbocycles. The van der Waals surface area contributed by atoms with E-state index in [1.807, 2.05) is 56.1 Å². The molecule has 2 saturated heterocycles. The van der Waals surface area contributed by atoms with Crippen molar-refractivity contribution in [2.75, 3.05) is 19.8 Å². The lowest BCUT2D eigenvalue weighted by Gasteiger charge is -2.36. The normalized spacial score (nSPS) is 26.9. The number of ether oxygens (including phenoxy) is 2. The van der Waals surface area contributed by atoms with Gasteiger partial charge in [0.1, 0.15) is 11.4 Å². The van der Waals surface area contributed by atoms with E-state index in [1.54, 1.807) is 0 Å². The largest absolute Gasteiger partial charge is 0.444 e. The fourth-order valence-electron chi connectivity index (χ4n) is 4.68. The Balaban J connectivity index is 1.67. The van der Waals surface area contributed by atoms with E-state index in [-0.39, 0.29) is 23.5 Å². The first-order valence-electron chi connectivity index (χ1n) is 10.6. The highest BCUT2D eigenvalue weighted by atomic mass is 79.9. The Bertz CT molecular complexity index is 897. The molecule has 0 radical (unpaired) electrons. The summed E-state index contributed by atoms with van der Waals surface area (Å²) < 4.78 is 12.7. The topological polar surface area (TPSA) is 67.5 Å². The summed E-state index contributed by atoms with van der Waals surface area (Å²) in [5, 5.41) is 0. The van der Waals surface area contributed by atoms with Gasteiger partial charge in [-0.15, -0.1) is 0 Å². The Labute approximate surface area is 186 Å². The van der Waals surface area contributed by atoms with Crippen LogP contribution in [0.3, 0.4) is 0 Å². The number of aromatic nitrogens is 2. The molecule has 3 atom stereocenters. The second-order valence-corrected chi connectivity index (χ2v) is 10.5. The van der Waals surface area contributed by atoms with Crippen LogP contribution in [0, 0.1) is 11.3 Å². The number of aromatic amines is 1. The van der Waals surface area contributed by atoms with E-state index in [9.17, 15) is 4.79 Å². The van der Waals surface area contributed by atoms with Crippen molar-refractivity contribution in [3.05, 3.63) is 40.8 Å². The number of rotatable bonds is 2. The van der Waals surface area contributed by atoms with Crippen LogP contribution >= 0.6 is 15.9 Å². The number of nitrogens with one attached hydrogen (secondary N) is 1. The summed E-state index contributed by atoms with van der Waals surface area (Å²) in [7, 11) is 0. The predicted octanol–water partition coefficient (Wildman–Crippen LogP) is 5.56. The highest BCUT2D eigenvalue weighted by Gasteiger charge is 2.54. The van der Waals surface area contributed by atoms with E-state index in [1.165, 1.54) is 0 Å². The molecule has 30 heavy (non-hydrogen) atoms. The van der Waals surface area contributed by atoms with Crippen molar-refractivity contribution < 1.29 is 14.3 Å². The van der Waals surface area contributed by atoms with Gasteiger partial charge in [-0.2, -0.15) is 0 Å². The second kappa shape index (κ2) is 8.00. The molecular weight excluding hydrogens is 446 g/mol.